The van der Waals surface area contributed by atoms with E-state index in [0.717, 1.165) is 0 Å². The highest BCUT2D eigenvalue weighted by Crippen LogP contribution is 2.33. The highest BCUT2D eigenvalue weighted by Gasteiger charge is 2.52. The van der Waals surface area contributed by atoms with Crippen molar-refractivity contribution in [3.8, 4) is 0 Å². The zero-order chi connectivity index (χ0) is 39.6. The summed E-state index contributed by atoms with van der Waals surface area (Å²) >= 11 is 0. The molecule has 0 aromatic carbocycles. The highest BCUT2D eigenvalue weighted by atomic mass is 19.3. The Morgan fingerprint density at radius 3 is 1.34 bits per heavy atom. The molecule has 5 atom stereocenters. The molecule has 22 heteroatoms. The molecule has 1 rings (SSSR count). The fourth-order valence-electron chi connectivity index (χ4n) is 4.59. The number of aliphatic hydroxyl groups is 6. The molecule has 318 valence electrons. The molecule has 6 N–H and O–H groups in total. The van der Waals surface area contributed by atoms with Crippen molar-refractivity contribution in [2.24, 2.45) is 0 Å². The summed E-state index contributed by atoms with van der Waals surface area (Å²) in [5.74, 6) is 0. The van der Waals surface area contributed by atoms with Gasteiger partial charge in [0.15, 0.2) is 0 Å². The second kappa shape index (κ2) is 28.4. The van der Waals surface area contributed by atoms with E-state index in [1.165, 1.54) is 0 Å². The largest absolute Gasteiger partial charge is 0.495 e. The smallest absolute Gasteiger partial charge is 0.396 e. The van der Waals surface area contributed by atoms with Gasteiger partial charge in [0.05, 0.1) is 71.2 Å². The molecule has 1 aliphatic carbocycles. The van der Waals surface area contributed by atoms with E-state index in [4.69, 9.17) is 43.7 Å². The maximum Gasteiger partial charge on any atom is 0.495 e. The molecule has 1 aliphatic rings. The first-order valence-electron chi connectivity index (χ1n) is 17.2. The SMILES string of the molecule is OCCCOCC(O)COCC(O)COCC(F)(F)OC(F)(F)OC(F)(F)COCCOCC(O)COC1CC(OCCCO)CC(OCCCO)C1. The maximum absolute atomic E-state index is 13.9. The van der Waals surface area contributed by atoms with E-state index in [1.54, 1.807) is 0 Å². The van der Waals surface area contributed by atoms with Gasteiger partial charge >= 0.3 is 18.5 Å². The molecule has 5 unspecified atom stereocenters. The van der Waals surface area contributed by atoms with Crippen LogP contribution in [0.3, 0.4) is 0 Å². The summed E-state index contributed by atoms with van der Waals surface area (Å²) in [6.45, 7) is -6.09. The number of rotatable bonds is 35. The lowest BCUT2D eigenvalue weighted by atomic mass is 9.92. The van der Waals surface area contributed by atoms with Crippen molar-refractivity contribution < 1.29 is 104 Å². The summed E-state index contributed by atoms with van der Waals surface area (Å²) in [6, 6.07) is 0. The van der Waals surface area contributed by atoms with Gasteiger partial charge in [0.2, 0.25) is 0 Å². The van der Waals surface area contributed by atoms with E-state index in [-0.39, 0.29) is 77.8 Å². The molecule has 0 amide bonds. The molecular formula is C31H56F6O16. The van der Waals surface area contributed by atoms with Crippen molar-refractivity contribution in [3.05, 3.63) is 0 Å². The Hall–Kier alpha value is -1.06. The number of ether oxygens (including phenoxy) is 10. The topological polar surface area (TPSA) is 214 Å². The molecule has 0 bridgehead atoms. The van der Waals surface area contributed by atoms with Crippen molar-refractivity contribution in [2.45, 2.75) is 93.7 Å². The lowest BCUT2D eigenvalue weighted by Gasteiger charge is -2.35. The summed E-state index contributed by atoms with van der Waals surface area (Å²) in [4.78, 5) is 0. The van der Waals surface area contributed by atoms with Crippen LogP contribution >= 0.6 is 0 Å². The maximum atomic E-state index is 13.9. The highest BCUT2D eigenvalue weighted by molar-refractivity contribution is 4.81. The summed E-state index contributed by atoms with van der Waals surface area (Å²) in [5, 5.41) is 56.1. The molecular weight excluding hydrogens is 742 g/mol. The molecule has 53 heavy (non-hydrogen) atoms. The standard InChI is InChI=1S/C31H56F6O16/c32-29(33,52-31(36,37)53-30(34,35)22-48-19-24(42)18-47-17-23(41)15-44-7-1-4-38)21-46-11-10-45-16-25(43)20-51-28-13-26(49-8-2-5-39)12-27(14-28)50-9-3-6-40/h23-28,38-43H,1-22H2. The zero-order valence-electron chi connectivity index (χ0n) is 29.6. The van der Waals surface area contributed by atoms with Crippen molar-refractivity contribution in [2.75, 3.05) is 106 Å². The van der Waals surface area contributed by atoms with Crippen LogP contribution in [0.1, 0.15) is 38.5 Å². The van der Waals surface area contributed by atoms with Crippen molar-refractivity contribution in [1.82, 2.24) is 0 Å². The van der Waals surface area contributed by atoms with Crippen LogP contribution in [0.4, 0.5) is 26.3 Å². The van der Waals surface area contributed by atoms with Gasteiger partial charge in [-0.15, -0.1) is 8.78 Å². The van der Waals surface area contributed by atoms with E-state index in [1.807, 2.05) is 0 Å². The average molecular weight is 799 g/mol. The first-order chi connectivity index (χ1) is 25.1. The number of hydrogen-bond donors (Lipinski definition) is 6. The van der Waals surface area contributed by atoms with E-state index in [2.05, 4.69) is 18.9 Å². The lowest BCUT2D eigenvalue weighted by Crippen LogP contribution is -2.44. The quantitative estimate of drug-likeness (QED) is 0.0291. The number of aliphatic hydroxyl groups excluding tert-OH is 6. The van der Waals surface area contributed by atoms with Crippen LogP contribution in [0.25, 0.3) is 0 Å². The Kier molecular flexibility index (Phi) is 26.7. The van der Waals surface area contributed by atoms with E-state index in [9.17, 15) is 41.7 Å². The third-order valence-electron chi connectivity index (χ3n) is 6.86. The van der Waals surface area contributed by atoms with Gasteiger partial charge in [-0.1, -0.05) is 0 Å². The van der Waals surface area contributed by atoms with Gasteiger partial charge in [0, 0.05) is 39.6 Å². The molecule has 0 spiro atoms. The minimum absolute atomic E-state index is 0.0206. The van der Waals surface area contributed by atoms with Crippen LogP contribution in [0, 0.1) is 0 Å². The Labute approximate surface area is 304 Å². The Morgan fingerprint density at radius 1 is 0.453 bits per heavy atom. The third-order valence-corrected chi connectivity index (χ3v) is 6.86. The Bertz CT molecular complexity index is 868. The normalized spacial score (nSPS) is 20.5. The number of hydrogen-bond acceptors (Lipinski definition) is 16. The Morgan fingerprint density at radius 2 is 0.830 bits per heavy atom. The summed E-state index contributed by atoms with van der Waals surface area (Å²) < 4.78 is 130. The summed E-state index contributed by atoms with van der Waals surface area (Å²) in [7, 11) is 0. The van der Waals surface area contributed by atoms with Gasteiger partial charge in [-0.3, -0.25) is 0 Å². The van der Waals surface area contributed by atoms with Crippen LogP contribution in [0.15, 0.2) is 0 Å². The number of alkyl halides is 6. The van der Waals surface area contributed by atoms with Gasteiger partial charge in [-0.25, -0.2) is 9.47 Å². The molecule has 16 nitrogen and oxygen atoms in total. The number of halogens is 6. The predicted octanol–water partition coefficient (Wildman–Crippen LogP) is 0.408. The van der Waals surface area contributed by atoms with Gasteiger partial charge < -0.3 is 68.5 Å². The van der Waals surface area contributed by atoms with Crippen molar-refractivity contribution >= 4 is 0 Å². The van der Waals surface area contributed by atoms with Crippen LogP contribution in [-0.4, -0.2) is 191 Å². The fraction of sp³-hybridized carbons (Fsp3) is 1.00. The van der Waals surface area contributed by atoms with Crippen LogP contribution in [0.5, 0.6) is 0 Å². The monoisotopic (exact) mass is 798 g/mol. The second-order valence-corrected chi connectivity index (χ2v) is 12.0. The second-order valence-electron chi connectivity index (χ2n) is 12.0. The van der Waals surface area contributed by atoms with E-state index < -0.39 is 69.9 Å². The molecule has 0 heterocycles. The minimum Gasteiger partial charge on any atom is -0.396 e. The molecule has 0 aromatic heterocycles. The first-order valence-corrected chi connectivity index (χ1v) is 17.2. The van der Waals surface area contributed by atoms with Crippen molar-refractivity contribution in [3.63, 3.8) is 0 Å². The molecule has 1 fully saturated rings. The minimum atomic E-state index is -5.49. The summed E-state index contributed by atoms with van der Waals surface area (Å²) in [5.41, 5.74) is 0. The van der Waals surface area contributed by atoms with Crippen LogP contribution in [0.2, 0.25) is 0 Å². The van der Waals surface area contributed by atoms with Gasteiger partial charge in [-0.2, -0.15) is 17.6 Å². The third kappa shape index (κ3) is 27.2. The average Bonchev–Trinajstić information content (AvgIpc) is 3.06. The van der Waals surface area contributed by atoms with Crippen LogP contribution in [-0.2, 0) is 47.4 Å². The Balaban J connectivity index is 2.27. The predicted molar refractivity (Wildman–Crippen MR) is 167 cm³/mol. The molecule has 0 saturated heterocycles. The van der Waals surface area contributed by atoms with Gasteiger partial charge in [0.1, 0.15) is 31.5 Å². The van der Waals surface area contributed by atoms with Gasteiger partial charge in [-0.05, 0) is 38.5 Å². The first kappa shape index (κ1) is 50.0. The molecule has 0 radical (unpaired) electrons. The molecule has 0 aromatic rings. The fourth-order valence-corrected chi connectivity index (χ4v) is 4.59. The lowest BCUT2D eigenvalue weighted by molar-refractivity contribution is -0.518. The van der Waals surface area contributed by atoms with E-state index >= 15 is 0 Å². The van der Waals surface area contributed by atoms with Gasteiger partial charge in [0.25, 0.3) is 0 Å². The zero-order valence-corrected chi connectivity index (χ0v) is 29.6. The van der Waals surface area contributed by atoms with Crippen molar-refractivity contribution in [1.29, 1.82) is 0 Å². The molecule has 0 aliphatic heterocycles. The van der Waals surface area contributed by atoms with Crippen LogP contribution < -0.4 is 0 Å². The molecule has 1 saturated carbocycles. The van der Waals surface area contributed by atoms with E-state index in [0.29, 0.717) is 51.7 Å². The summed E-state index contributed by atoms with van der Waals surface area (Å²) in [6.07, 6.45) is -16.7.